The van der Waals surface area contributed by atoms with Crippen molar-refractivity contribution >= 4 is 13.8 Å². The molecule has 1 atom stereocenters. The van der Waals surface area contributed by atoms with E-state index >= 15 is 0 Å². The predicted molar refractivity (Wildman–Crippen MR) is 119 cm³/mol. The minimum atomic E-state index is -1.22. The molecule has 4 N–H and O–H groups in total. The second kappa shape index (κ2) is 9.92. The van der Waals surface area contributed by atoms with Gasteiger partial charge in [-0.15, -0.1) is 0 Å². The molecule has 164 valence electrons. The Morgan fingerprint density at radius 2 is 1.90 bits per heavy atom. The molecule has 7 heteroatoms. The number of nitrogens with two attached hydrogens (primary N) is 1. The summed E-state index contributed by atoms with van der Waals surface area (Å²) < 4.78 is 28.7. The highest BCUT2D eigenvalue weighted by Gasteiger charge is 2.47. The van der Waals surface area contributed by atoms with Crippen LogP contribution in [-0.4, -0.2) is 30.5 Å². The molecule has 2 aromatic carbocycles. The van der Waals surface area contributed by atoms with Gasteiger partial charge in [-0.1, -0.05) is 42.9 Å². The molecule has 2 radical (unpaired) electrons. The minimum Gasteiger partial charge on any atom is -0.480 e. The van der Waals surface area contributed by atoms with Crippen molar-refractivity contribution in [1.29, 1.82) is 0 Å². The van der Waals surface area contributed by atoms with Crippen molar-refractivity contribution in [3.8, 4) is 11.1 Å². The van der Waals surface area contributed by atoms with E-state index in [2.05, 4.69) is 5.32 Å². The van der Waals surface area contributed by atoms with Gasteiger partial charge in [0, 0.05) is 23.7 Å². The molecule has 0 aliphatic heterocycles. The Labute approximate surface area is 183 Å². The number of carboxylic acid groups (broad SMARTS) is 1. The fourth-order valence-corrected chi connectivity index (χ4v) is 4.25. The number of unbranched alkanes of at least 4 members (excludes halogenated alkanes) is 1. The minimum absolute atomic E-state index is 0.0938. The normalized spacial score (nSPS) is 20.1. The van der Waals surface area contributed by atoms with Gasteiger partial charge in [-0.05, 0) is 55.9 Å². The van der Waals surface area contributed by atoms with Crippen LogP contribution < -0.4 is 11.1 Å². The average molecular weight is 426 g/mol. The molecule has 4 nitrogen and oxygen atoms in total. The molecule has 1 aliphatic carbocycles. The highest BCUT2D eigenvalue weighted by molar-refractivity contribution is 6.08. The highest BCUT2D eigenvalue weighted by Crippen LogP contribution is 2.38. The number of benzene rings is 2. The lowest BCUT2D eigenvalue weighted by atomic mass is 9.66. The van der Waals surface area contributed by atoms with E-state index in [0.717, 1.165) is 17.5 Å². The van der Waals surface area contributed by atoms with Crippen molar-refractivity contribution in [3.63, 3.8) is 0 Å². The molecule has 1 unspecified atom stereocenters. The fraction of sp³-hybridized carbons (Fsp3) is 0.458. The van der Waals surface area contributed by atoms with Crippen LogP contribution in [0.2, 0.25) is 6.32 Å². The van der Waals surface area contributed by atoms with E-state index in [-0.39, 0.29) is 23.1 Å². The molecule has 0 amide bonds. The summed E-state index contributed by atoms with van der Waals surface area (Å²) >= 11 is 0. The van der Waals surface area contributed by atoms with E-state index in [9.17, 15) is 18.7 Å². The number of hydrogen-bond acceptors (Lipinski definition) is 3. The van der Waals surface area contributed by atoms with Gasteiger partial charge in [0.05, 0.1) is 7.85 Å². The number of hydrogen-bond donors (Lipinski definition) is 3. The molecule has 31 heavy (non-hydrogen) atoms. The largest absolute Gasteiger partial charge is 0.480 e. The second-order valence-electron chi connectivity index (χ2n) is 8.63. The number of halogens is 2. The smallest absolute Gasteiger partial charge is 0.323 e. The molecule has 0 heterocycles. The van der Waals surface area contributed by atoms with Crippen molar-refractivity contribution in [2.24, 2.45) is 11.7 Å². The van der Waals surface area contributed by atoms with Crippen molar-refractivity contribution in [1.82, 2.24) is 5.32 Å². The number of aliphatic carboxylic acids is 1. The Kier molecular flexibility index (Phi) is 7.49. The first kappa shape index (κ1) is 23.4. The van der Waals surface area contributed by atoms with E-state index in [4.69, 9.17) is 13.6 Å². The Bertz CT molecular complexity index is 934. The van der Waals surface area contributed by atoms with Gasteiger partial charge in [-0.3, -0.25) is 4.79 Å². The maximum atomic E-state index is 14.6. The number of aryl methyl sites for hydroxylation is 1. The van der Waals surface area contributed by atoms with E-state index < -0.39 is 23.1 Å². The van der Waals surface area contributed by atoms with Crippen LogP contribution in [0.1, 0.15) is 43.2 Å². The third-order valence-corrected chi connectivity index (χ3v) is 6.35. The molecule has 1 aliphatic rings. The third kappa shape index (κ3) is 5.33. The van der Waals surface area contributed by atoms with Gasteiger partial charge < -0.3 is 16.2 Å². The number of carboxylic acids is 1. The fourth-order valence-electron chi connectivity index (χ4n) is 4.25. The van der Waals surface area contributed by atoms with Gasteiger partial charge in [-0.25, -0.2) is 8.78 Å². The lowest BCUT2D eigenvalue weighted by Gasteiger charge is -2.45. The lowest BCUT2D eigenvalue weighted by Crippen LogP contribution is -2.60. The number of rotatable bonds is 10. The summed E-state index contributed by atoms with van der Waals surface area (Å²) in [6.07, 6.45) is 3.73. The van der Waals surface area contributed by atoms with Gasteiger partial charge in [0.1, 0.15) is 17.2 Å². The second-order valence-corrected chi connectivity index (χ2v) is 8.63. The molecular formula is C24H29BF2N2O2. The van der Waals surface area contributed by atoms with Crippen LogP contribution in [0.15, 0.2) is 36.4 Å². The molecule has 0 bridgehead atoms. The monoisotopic (exact) mass is 426 g/mol. The molecule has 3 rings (SSSR count). The SMILES string of the molecule is [B]CCCCC(N)(C(=O)O)C1CC(NCc2ccc(-c3cc(C)ccc3F)c(F)c2)C1. The third-order valence-electron chi connectivity index (χ3n) is 6.35. The average Bonchev–Trinajstić information content (AvgIpc) is 2.69. The van der Waals surface area contributed by atoms with Crippen LogP contribution >= 0.6 is 0 Å². The number of nitrogens with one attached hydrogen (secondary N) is 1. The van der Waals surface area contributed by atoms with Crippen LogP contribution in [0.25, 0.3) is 11.1 Å². The van der Waals surface area contributed by atoms with Crippen molar-refractivity contribution in [2.75, 3.05) is 0 Å². The van der Waals surface area contributed by atoms with Crippen molar-refractivity contribution in [3.05, 3.63) is 59.2 Å². The van der Waals surface area contributed by atoms with Crippen LogP contribution in [0.5, 0.6) is 0 Å². The van der Waals surface area contributed by atoms with E-state index in [1.807, 2.05) is 6.92 Å². The quantitative estimate of drug-likeness (QED) is 0.390. The van der Waals surface area contributed by atoms with E-state index in [0.29, 0.717) is 38.5 Å². The maximum Gasteiger partial charge on any atom is 0.323 e. The highest BCUT2D eigenvalue weighted by atomic mass is 19.1. The zero-order valence-electron chi connectivity index (χ0n) is 17.8. The summed E-state index contributed by atoms with van der Waals surface area (Å²) in [6, 6.07) is 9.56. The first-order valence-electron chi connectivity index (χ1n) is 10.7. The van der Waals surface area contributed by atoms with Crippen molar-refractivity contribution in [2.45, 2.75) is 63.5 Å². The Balaban J connectivity index is 1.56. The molecule has 0 aromatic heterocycles. The molecule has 1 fully saturated rings. The van der Waals surface area contributed by atoms with Gasteiger partial charge in [0.15, 0.2) is 0 Å². The standard InChI is InChI=1S/C24H29BF2N2O2/c1-15-4-7-21(26)20(10-15)19-6-5-16(11-22(19)27)14-29-18-12-17(13-18)24(28,23(30)31)8-2-3-9-25/h4-7,10-11,17-18,29H,2-3,8-9,12-14,28H2,1H3,(H,30,31). The molecule has 2 aromatic rings. The summed E-state index contributed by atoms with van der Waals surface area (Å²) in [7, 11) is 5.50. The van der Waals surface area contributed by atoms with Crippen LogP contribution in [0, 0.1) is 24.5 Å². The van der Waals surface area contributed by atoms with Gasteiger partial charge in [-0.2, -0.15) is 0 Å². The summed E-state index contributed by atoms with van der Waals surface area (Å²) in [5, 5.41) is 12.9. The first-order valence-corrected chi connectivity index (χ1v) is 10.7. The zero-order chi connectivity index (χ0) is 22.6. The molecule has 0 spiro atoms. The Morgan fingerprint density at radius 3 is 2.55 bits per heavy atom. The zero-order valence-corrected chi connectivity index (χ0v) is 17.8. The summed E-state index contributed by atoms with van der Waals surface area (Å²) in [6.45, 7) is 2.28. The molecular weight excluding hydrogens is 397 g/mol. The summed E-state index contributed by atoms with van der Waals surface area (Å²) in [5.74, 6) is -1.98. The molecule has 0 saturated heterocycles. The summed E-state index contributed by atoms with van der Waals surface area (Å²) in [5.41, 5.74) is 7.10. The maximum absolute atomic E-state index is 14.6. The van der Waals surface area contributed by atoms with Gasteiger partial charge in [0.25, 0.3) is 0 Å². The van der Waals surface area contributed by atoms with Gasteiger partial charge in [0.2, 0.25) is 0 Å². The Hall–Kier alpha value is -2.25. The van der Waals surface area contributed by atoms with E-state index in [1.165, 1.54) is 12.1 Å². The lowest BCUT2D eigenvalue weighted by molar-refractivity contribution is -0.148. The molecule has 1 saturated carbocycles. The predicted octanol–water partition coefficient (Wildman–Crippen LogP) is 4.35. The number of carbonyl (C=O) groups is 1. The van der Waals surface area contributed by atoms with Crippen LogP contribution in [0.4, 0.5) is 8.78 Å². The van der Waals surface area contributed by atoms with E-state index in [1.54, 1.807) is 24.3 Å². The topological polar surface area (TPSA) is 75.4 Å². The Morgan fingerprint density at radius 1 is 1.16 bits per heavy atom. The van der Waals surface area contributed by atoms with Crippen LogP contribution in [0.3, 0.4) is 0 Å². The van der Waals surface area contributed by atoms with Crippen LogP contribution in [-0.2, 0) is 11.3 Å². The van der Waals surface area contributed by atoms with Crippen molar-refractivity contribution < 1.29 is 18.7 Å². The van der Waals surface area contributed by atoms with Gasteiger partial charge >= 0.3 is 5.97 Å². The summed E-state index contributed by atoms with van der Waals surface area (Å²) in [4.78, 5) is 11.7. The first-order chi connectivity index (χ1) is 14.7.